The molecule has 0 aromatic heterocycles. The smallest absolute Gasteiger partial charge is 0.344 e. The van der Waals surface area contributed by atoms with Crippen LogP contribution in [0.5, 0.6) is 17.2 Å². The van der Waals surface area contributed by atoms with Gasteiger partial charge < -0.3 is 23.8 Å². The molecule has 0 spiro atoms. The van der Waals surface area contributed by atoms with Crippen LogP contribution in [0.2, 0.25) is 0 Å². The summed E-state index contributed by atoms with van der Waals surface area (Å²) in [7, 11) is 0.609. The standard InChI is InChI=1S/C26H29N3O9S/c1-35-16-4-6-17(7-5-16)39(33,34)28-14-12-27(13-15-28)24(31)19-9-11-21(30)29(19)25-18-8-10-20(36-2)23(37-3)22(18)26(32)38-25/h4-8,10,19,25H,9,11-15H2,1-3H3. The zero-order chi connectivity index (χ0) is 27.9. The monoisotopic (exact) mass is 559 g/mol. The van der Waals surface area contributed by atoms with E-state index in [-0.39, 0.29) is 67.0 Å². The van der Waals surface area contributed by atoms with Crippen LogP contribution in [0.1, 0.15) is 35.0 Å². The van der Waals surface area contributed by atoms with E-state index < -0.39 is 28.3 Å². The summed E-state index contributed by atoms with van der Waals surface area (Å²) in [6.07, 6.45) is -0.689. The first-order chi connectivity index (χ1) is 18.7. The number of likely N-dealkylation sites (tertiary alicyclic amines) is 1. The van der Waals surface area contributed by atoms with Crippen molar-refractivity contribution in [2.75, 3.05) is 47.5 Å². The molecule has 2 amide bonds. The summed E-state index contributed by atoms with van der Waals surface area (Å²) in [5.74, 6) is -0.202. The van der Waals surface area contributed by atoms with E-state index in [4.69, 9.17) is 18.9 Å². The minimum atomic E-state index is -3.74. The second-order valence-corrected chi connectivity index (χ2v) is 11.2. The highest BCUT2D eigenvalue weighted by Gasteiger charge is 2.49. The molecule has 2 fully saturated rings. The number of amides is 2. The quantitative estimate of drug-likeness (QED) is 0.462. The van der Waals surface area contributed by atoms with Gasteiger partial charge in [0.25, 0.3) is 0 Å². The number of hydrogen-bond acceptors (Lipinski definition) is 9. The van der Waals surface area contributed by atoms with Gasteiger partial charge >= 0.3 is 5.97 Å². The fourth-order valence-electron chi connectivity index (χ4n) is 5.28. The molecule has 2 saturated heterocycles. The van der Waals surface area contributed by atoms with Gasteiger partial charge in [-0.05, 0) is 42.8 Å². The number of piperazine rings is 1. The van der Waals surface area contributed by atoms with Crippen molar-refractivity contribution < 1.29 is 41.7 Å². The molecule has 208 valence electrons. The maximum absolute atomic E-state index is 13.6. The highest BCUT2D eigenvalue weighted by atomic mass is 32.2. The Balaban J connectivity index is 1.32. The molecule has 0 aliphatic carbocycles. The van der Waals surface area contributed by atoms with Crippen LogP contribution in [0, 0.1) is 0 Å². The van der Waals surface area contributed by atoms with Gasteiger partial charge in [-0.3, -0.25) is 14.5 Å². The molecule has 2 aromatic rings. The lowest BCUT2D eigenvalue weighted by Crippen LogP contribution is -2.55. The van der Waals surface area contributed by atoms with E-state index in [2.05, 4.69) is 0 Å². The van der Waals surface area contributed by atoms with Crippen molar-refractivity contribution in [3.05, 3.63) is 47.5 Å². The Kier molecular flexibility index (Phi) is 7.12. The van der Waals surface area contributed by atoms with E-state index in [1.165, 1.54) is 42.7 Å². The second-order valence-electron chi connectivity index (χ2n) is 9.28. The molecule has 2 unspecified atom stereocenters. The zero-order valence-electron chi connectivity index (χ0n) is 21.8. The lowest BCUT2D eigenvalue weighted by atomic mass is 10.0. The van der Waals surface area contributed by atoms with Gasteiger partial charge in [0, 0.05) is 38.2 Å². The third kappa shape index (κ3) is 4.55. The maximum atomic E-state index is 13.6. The Morgan fingerprint density at radius 2 is 1.62 bits per heavy atom. The molecule has 13 heteroatoms. The third-order valence-corrected chi connectivity index (χ3v) is 9.22. The predicted molar refractivity (Wildman–Crippen MR) is 136 cm³/mol. The van der Waals surface area contributed by atoms with Crippen LogP contribution in [-0.2, 0) is 24.3 Å². The van der Waals surface area contributed by atoms with E-state index in [0.717, 1.165) is 0 Å². The molecule has 0 bridgehead atoms. The number of benzene rings is 2. The molecule has 0 N–H and O–H groups in total. The van der Waals surface area contributed by atoms with E-state index in [1.807, 2.05) is 0 Å². The van der Waals surface area contributed by atoms with Crippen LogP contribution in [0.3, 0.4) is 0 Å². The van der Waals surface area contributed by atoms with Crippen molar-refractivity contribution in [3.63, 3.8) is 0 Å². The van der Waals surface area contributed by atoms with Crippen LogP contribution in [0.4, 0.5) is 0 Å². The Morgan fingerprint density at radius 1 is 0.923 bits per heavy atom. The largest absolute Gasteiger partial charge is 0.497 e. The average Bonchev–Trinajstić information content (AvgIpc) is 3.50. The van der Waals surface area contributed by atoms with Crippen molar-refractivity contribution in [1.29, 1.82) is 0 Å². The SMILES string of the molecule is COc1ccc(S(=O)(=O)N2CCN(C(=O)C3CCC(=O)N3C3OC(=O)c4c3ccc(OC)c4OC)CC2)cc1. The van der Waals surface area contributed by atoms with Crippen molar-refractivity contribution in [2.45, 2.75) is 30.0 Å². The number of sulfonamides is 1. The topological polar surface area (TPSA) is 132 Å². The van der Waals surface area contributed by atoms with Gasteiger partial charge in [-0.1, -0.05) is 0 Å². The molecule has 12 nitrogen and oxygen atoms in total. The maximum Gasteiger partial charge on any atom is 0.344 e. The zero-order valence-corrected chi connectivity index (χ0v) is 22.6. The average molecular weight is 560 g/mol. The summed E-state index contributed by atoms with van der Waals surface area (Å²) in [4.78, 5) is 42.3. The molecule has 3 aliphatic heterocycles. The molecule has 3 heterocycles. The lowest BCUT2D eigenvalue weighted by Gasteiger charge is -2.37. The number of hydrogen-bond donors (Lipinski definition) is 0. The van der Waals surface area contributed by atoms with Crippen LogP contribution in [0.15, 0.2) is 41.3 Å². The summed E-state index contributed by atoms with van der Waals surface area (Å²) in [5.41, 5.74) is 0.575. The second kappa shape index (κ2) is 10.4. The van der Waals surface area contributed by atoms with Crippen LogP contribution >= 0.6 is 0 Å². The fraction of sp³-hybridized carbons (Fsp3) is 0.423. The first-order valence-electron chi connectivity index (χ1n) is 12.4. The summed E-state index contributed by atoms with van der Waals surface area (Å²) < 4.78 is 48.9. The Labute approximate surface area is 226 Å². The number of nitrogens with zero attached hydrogens (tertiary/aromatic N) is 3. The number of methoxy groups -OCH3 is 3. The third-order valence-electron chi connectivity index (χ3n) is 7.31. The Morgan fingerprint density at radius 3 is 2.23 bits per heavy atom. The Hall–Kier alpha value is -3.84. The van der Waals surface area contributed by atoms with Gasteiger partial charge in [-0.2, -0.15) is 4.31 Å². The van der Waals surface area contributed by atoms with Crippen LogP contribution in [0.25, 0.3) is 0 Å². The van der Waals surface area contributed by atoms with E-state index in [0.29, 0.717) is 17.1 Å². The number of carbonyl (C=O) groups excluding carboxylic acids is 3. The summed E-state index contributed by atoms with van der Waals surface area (Å²) in [6, 6.07) is 8.53. The first-order valence-corrected chi connectivity index (χ1v) is 13.8. The molecule has 2 atom stereocenters. The first kappa shape index (κ1) is 26.8. The number of fused-ring (bicyclic) bond motifs is 1. The highest BCUT2D eigenvalue weighted by molar-refractivity contribution is 7.89. The highest BCUT2D eigenvalue weighted by Crippen LogP contribution is 2.45. The number of carbonyl (C=O) groups is 3. The molecule has 0 saturated carbocycles. The fourth-order valence-corrected chi connectivity index (χ4v) is 6.71. The number of esters is 1. The molecular weight excluding hydrogens is 530 g/mol. The molecule has 3 aliphatic rings. The minimum Gasteiger partial charge on any atom is -0.497 e. The van der Waals surface area contributed by atoms with Gasteiger partial charge in [-0.15, -0.1) is 0 Å². The number of cyclic esters (lactones) is 1. The van der Waals surface area contributed by atoms with Gasteiger partial charge in [0.1, 0.15) is 17.4 Å². The summed E-state index contributed by atoms with van der Waals surface area (Å²) in [6.45, 7) is 0.551. The van der Waals surface area contributed by atoms with Gasteiger partial charge in [-0.25, -0.2) is 13.2 Å². The van der Waals surface area contributed by atoms with Crippen LogP contribution < -0.4 is 14.2 Å². The molecule has 5 rings (SSSR count). The van der Waals surface area contributed by atoms with Crippen molar-refractivity contribution in [2.24, 2.45) is 0 Å². The van der Waals surface area contributed by atoms with E-state index in [1.54, 1.807) is 29.2 Å². The lowest BCUT2D eigenvalue weighted by molar-refractivity contribution is -0.151. The molecule has 0 radical (unpaired) electrons. The minimum absolute atomic E-state index is 0.110. The van der Waals surface area contributed by atoms with Gasteiger partial charge in [0.05, 0.1) is 26.2 Å². The number of rotatable bonds is 7. The predicted octanol–water partition coefficient (Wildman–Crippen LogP) is 1.41. The summed E-state index contributed by atoms with van der Waals surface area (Å²) in [5, 5.41) is 0. The van der Waals surface area contributed by atoms with Gasteiger partial charge in [0.15, 0.2) is 11.5 Å². The van der Waals surface area contributed by atoms with E-state index in [9.17, 15) is 22.8 Å². The Bertz CT molecular complexity index is 1400. The van der Waals surface area contributed by atoms with Gasteiger partial charge in [0.2, 0.25) is 28.1 Å². The number of ether oxygens (including phenoxy) is 4. The summed E-state index contributed by atoms with van der Waals surface area (Å²) >= 11 is 0. The van der Waals surface area contributed by atoms with Crippen molar-refractivity contribution in [1.82, 2.24) is 14.1 Å². The van der Waals surface area contributed by atoms with E-state index >= 15 is 0 Å². The molecule has 39 heavy (non-hydrogen) atoms. The molecule has 2 aromatic carbocycles. The van der Waals surface area contributed by atoms with Crippen molar-refractivity contribution in [3.8, 4) is 17.2 Å². The molecular formula is C26H29N3O9S. The van der Waals surface area contributed by atoms with Crippen LogP contribution in [-0.4, -0.2) is 93.9 Å². The normalized spacial score (nSPS) is 21.5. The van der Waals surface area contributed by atoms with Crippen molar-refractivity contribution >= 4 is 27.8 Å².